The van der Waals surface area contributed by atoms with Gasteiger partial charge in [-0.2, -0.15) is 0 Å². The van der Waals surface area contributed by atoms with Crippen molar-refractivity contribution in [2.75, 3.05) is 0 Å². The zero-order valence-corrected chi connectivity index (χ0v) is 14.3. The van der Waals surface area contributed by atoms with Gasteiger partial charge >= 0.3 is 0 Å². The van der Waals surface area contributed by atoms with Gasteiger partial charge in [-0.15, -0.1) is 0 Å². The standard InChI is InChI=1S/C19H26O5/c1-17-9-16(23)19(24)13(12(17)5-6-14(17)21)4-3-10-7-11(20)8-15(22)18(10,19)2/h7,12-13,15-16,22-24H,3-6,8-9H2,1-2H3/t12-,13-,15?,16?,17-,18+,19-/m0/s1. The van der Waals surface area contributed by atoms with Crippen LogP contribution >= 0.6 is 0 Å². The predicted octanol–water partition coefficient (Wildman–Crippen LogP) is 1.14. The SMILES string of the molecule is C[C@]12CC(O)[C@@]3(O)[C@@H](CCC4=CC(=O)CC(O)[C@@]43C)[C@@H]1CCC2=O. The highest BCUT2D eigenvalue weighted by atomic mass is 16.3. The molecule has 5 nitrogen and oxygen atoms in total. The van der Waals surface area contributed by atoms with Crippen LogP contribution < -0.4 is 0 Å². The van der Waals surface area contributed by atoms with Gasteiger partial charge < -0.3 is 15.3 Å². The van der Waals surface area contributed by atoms with Crippen LogP contribution in [0.4, 0.5) is 0 Å². The van der Waals surface area contributed by atoms with Crippen molar-refractivity contribution in [2.45, 2.75) is 70.2 Å². The van der Waals surface area contributed by atoms with Crippen LogP contribution in [0.5, 0.6) is 0 Å². The predicted molar refractivity (Wildman–Crippen MR) is 86.0 cm³/mol. The van der Waals surface area contributed by atoms with Gasteiger partial charge in [0.25, 0.3) is 0 Å². The number of hydrogen-bond donors (Lipinski definition) is 3. The maximum atomic E-state index is 12.4. The van der Waals surface area contributed by atoms with E-state index < -0.39 is 28.6 Å². The third-order valence-electron chi connectivity index (χ3n) is 7.93. The monoisotopic (exact) mass is 334 g/mol. The normalized spacial score (nSPS) is 54.0. The third-order valence-corrected chi connectivity index (χ3v) is 7.93. The highest BCUT2D eigenvalue weighted by molar-refractivity contribution is 5.92. The first-order valence-electron chi connectivity index (χ1n) is 9.01. The Morgan fingerprint density at radius 1 is 1.04 bits per heavy atom. The van der Waals surface area contributed by atoms with E-state index in [1.54, 1.807) is 13.0 Å². The molecule has 0 radical (unpaired) electrons. The molecule has 132 valence electrons. The molecule has 4 rings (SSSR count). The van der Waals surface area contributed by atoms with E-state index in [0.717, 1.165) is 12.0 Å². The van der Waals surface area contributed by atoms with Crippen molar-refractivity contribution >= 4 is 11.6 Å². The van der Waals surface area contributed by atoms with Gasteiger partial charge in [-0.3, -0.25) is 9.59 Å². The van der Waals surface area contributed by atoms with E-state index in [1.807, 2.05) is 6.92 Å². The van der Waals surface area contributed by atoms with Crippen LogP contribution in [-0.2, 0) is 9.59 Å². The number of hydrogen-bond acceptors (Lipinski definition) is 5. The summed E-state index contributed by atoms with van der Waals surface area (Å²) in [6, 6.07) is 0. The maximum Gasteiger partial charge on any atom is 0.158 e. The van der Waals surface area contributed by atoms with E-state index in [2.05, 4.69) is 0 Å². The fourth-order valence-corrected chi connectivity index (χ4v) is 6.45. The summed E-state index contributed by atoms with van der Waals surface area (Å²) in [6.07, 6.45) is 2.18. The number of fused-ring (bicyclic) bond motifs is 5. The van der Waals surface area contributed by atoms with Crippen LogP contribution in [0.1, 0.15) is 52.4 Å². The molecule has 0 aliphatic heterocycles. The van der Waals surface area contributed by atoms with E-state index in [9.17, 15) is 24.9 Å². The molecule has 0 heterocycles. The second-order valence-electron chi connectivity index (χ2n) is 8.73. The van der Waals surface area contributed by atoms with Crippen LogP contribution in [0, 0.1) is 22.7 Å². The topological polar surface area (TPSA) is 94.8 Å². The van der Waals surface area contributed by atoms with Gasteiger partial charge in [0.1, 0.15) is 11.4 Å². The van der Waals surface area contributed by atoms with Crippen LogP contribution in [0.2, 0.25) is 0 Å². The minimum Gasteiger partial charge on any atom is -0.392 e. The van der Waals surface area contributed by atoms with Gasteiger partial charge in [-0.05, 0) is 43.6 Å². The molecule has 3 saturated carbocycles. The first kappa shape index (κ1) is 16.4. The van der Waals surface area contributed by atoms with Crippen LogP contribution in [-0.4, -0.2) is 44.7 Å². The number of carbonyl (C=O) groups is 2. The Balaban J connectivity index is 1.86. The van der Waals surface area contributed by atoms with Crippen LogP contribution in [0.25, 0.3) is 0 Å². The molecule has 0 spiro atoms. The van der Waals surface area contributed by atoms with E-state index in [1.165, 1.54) is 0 Å². The summed E-state index contributed by atoms with van der Waals surface area (Å²) in [5.74, 6) is -0.146. The molecule has 7 atom stereocenters. The van der Waals surface area contributed by atoms with Gasteiger partial charge in [-0.1, -0.05) is 19.4 Å². The summed E-state index contributed by atoms with van der Waals surface area (Å²) >= 11 is 0. The largest absolute Gasteiger partial charge is 0.392 e. The summed E-state index contributed by atoms with van der Waals surface area (Å²) in [6.45, 7) is 3.70. The molecule has 0 bridgehead atoms. The Bertz CT molecular complexity index is 654. The first-order chi connectivity index (χ1) is 11.2. The van der Waals surface area contributed by atoms with Crippen molar-refractivity contribution in [1.82, 2.24) is 0 Å². The molecule has 5 heteroatoms. The van der Waals surface area contributed by atoms with E-state index in [-0.39, 0.29) is 36.2 Å². The molecular weight excluding hydrogens is 308 g/mol. The fraction of sp³-hybridized carbons (Fsp3) is 0.789. The fourth-order valence-electron chi connectivity index (χ4n) is 6.45. The molecule has 4 aliphatic carbocycles. The zero-order valence-electron chi connectivity index (χ0n) is 14.3. The summed E-state index contributed by atoms with van der Waals surface area (Å²) in [4.78, 5) is 24.3. The molecule has 2 unspecified atom stereocenters. The second-order valence-corrected chi connectivity index (χ2v) is 8.73. The number of aliphatic hydroxyl groups is 3. The molecule has 24 heavy (non-hydrogen) atoms. The van der Waals surface area contributed by atoms with Crippen molar-refractivity contribution in [3.05, 3.63) is 11.6 Å². The Hall–Kier alpha value is -1.04. The number of Topliss-reactive ketones (excluding diaryl/α,β-unsaturated/α-hetero) is 1. The van der Waals surface area contributed by atoms with Gasteiger partial charge in [0.05, 0.1) is 12.2 Å². The first-order valence-corrected chi connectivity index (χ1v) is 9.01. The molecule has 0 amide bonds. The molecule has 4 aliphatic rings. The van der Waals surface area contributed by atoms with E-state index in [0.29, 0.717) is 19.3 Å². The molecule has 0 aromatic carbocycles. The average molecular weight is 334 g/mol. The maximum absolute atomic E-state index is 12.4. The average Bonchev–Trinajstić information content (AvgIpc) is 2.78. The number of ketones is 2. The Kier molecular flexibility index (Phi) is 3.27. The van der Waals surface area contributed by atoms with Gasteiger partial charge in [0.2, 0.25) is 0 Å². The van der Waals surface area contributed by atoms with Crippen molar-refractivity contribution in [3.63, 3.8) is 0 Å². The third kappa shape index (κ3) is 1.66. The van der Waals surface area contributed by atoms with Gasteiger partial charge in [-0.25, -0.2) is 0 Å². The van der Waals surface area contributed by atoms with Crippen molar-refractivity contribution in [1.29, 1.82) is 0 Å². The lowest BCUT2D eigenvalue weighted by atomic mass is 9.43. The quantitative estimate of drug-likeness (QED) is 0.618. The molecule has 0 aromatic heterocycles. The summed E-state index contributed by atoms with van der Waals surface area (Å²) < 4.78 is 0. The lowest BCUT2D eigenvalue weighted by molar-refractivity contribution is -0.259. The lowest BCUT2D eigenvalue weighted by Crippen LogP contribution is -2.72. The van der Waals surface area contributed by atoms with Crippen molar-refractivity contribution in [2.24, 2.45) is 22.7 Å². The summed E-state index contributed by atoms with van der Waals surface area (Å²) in [5, 5.41) is 33.4. The highest BCUT2D eigenvalue weighted by Gasteiger charge is 2.71. The lowest BCUT2D eigenvalue weighted by Gasteiger charge is -2.64. The number of carbonyl (C=O) groups excluding carboxylic acids is 2. The molecular formula is C19H26O5. The Morgan fingerprint density at radius 2 is 1.71 bits per heavy atom. The molecule has 3 N–H and O–H groups in total. The Labute approximate surface area is 141 Å². The van der Waals surface area contributed by atoms with E-state index in [4.69, 9.17) is 0 Å². The number of rotatable bonds is 0. The van der Waals surface area contributed by atoms with Gasteiger partial charge in [0.15, 0.2) is 5.78 Å². The summed E-state index contributed by atoms with van der Waals surface area (Å²) in [5.41, 5.74) is -2.36. The second kappa shape index (κ2) is 4.77. The molecule has 0 aromatic rings. The zero-order chi connectivity index (χ0) is 17.5. The molecule has 3 fully saturated rings. The van der Waals surface area contributed by atoms with Crippen molar-refractivity contribution in [3.8, 4) is 0 Å². The minimum absolute atomic E-state index is 0.0252. The van der Waals surface area contributed by atoms with Crippen molar-refractivity contribution < 1.29 is 24.9 Å². The van der Waals surface area contributed by atoms with Crippen LogP contribution in [0.3, 0.4) is 0 Å². The minimum atomic E-state index is -1.49. The van der Waals surface area contributed by atoms with E-state index >= 15 is 0 Å². The highest BCUT2D eigenvalue weighted by Crippen LogP contribution is 2.66. The number of aliphatic hydroxyl groups excluding tert-OH is 2. The van der Waals surface area contributed by atoms with Gasteiger partial charge in [0, 0.05) is 23.7 Å². The van der Waals surface area contributed by atoms with Crippen LogP contribution in [0.15, 0.2) is 11.6 Å². The Morgan fingerprint density at radius 3 is 2.42 bits per heavy atom. The molecule has 0 saturated heterocycles. The summed E-state index contributed by atoms with van der Waals surface area (Å²) in [7, 11) is 0. The smallest absolute Gasteiger partial charge is 0.158 e.